The number of rotatable bonds is 3. The van der Waals surface area contributed by atoms with Gasteiger partial charge >= 0.3 is 0 Å². The normalized spacial score (nSPS) is 15.2. The summed E-state index contributed by atoms with van der Waals surface area (Å²) in [4.78, 5) is 4.41. The molecule has 0 saturated heterocycles. The van der Waals surface area contributed by atoms with Crippen LogP contribution in [-0.2, 0) is 0 Å². The van der Waals surface area contributed by atoms with Crippen molar-refractivity contribution < 1.29 is 0 Å². The van der Waals surface area contributed by atoms with E-state index in [9.17, 15) is 0 Å². The van der Waals surface area contributed by atoms with Crippen molar-refractivity contribution in [2.45, 2.75) is 41.0 Å². The van der Waals surface area contributed by atoms with Gasteiger partial charge in [0.25, 0.3) is 0 Å². The zero-order chi connectivity index (χ0) is 9.78. The van der Waals surface area contributed by atoms with Crippen LogP contribution in [0.5, 0.6) is 0 Å². The fourth-order valence-corrected chi connectivity index (χ4v) is 0.756. The predicted octanol–water partition coefficient (Wildman–Crippen LogP) is 4.18. The van der Waals surface area contributed by atoms with E-state index in [-0.39, 0.29) is 5.41 Å². The molecule has 0 amide bonds. The van der Waals surface area contributed by atoms with Crippen molar-refractivity contribution in [2.75, 3.05) is 0 Å². The molecule has 0 N–H and O–H groups in total. The van der Waals surface area contributed by atoms with Crippen molar-refractivity contribution in [1.29, 1.82) is 0 Å². The van der Waals surface area contributed by atoms with Gasteiger partial charge in [-0.05, 0) is 42.9 Å². The van der Waals surface area contributed by atoms with E-state index < -0.39 is 0 Å². The standard InChI is InChI=1S/C10H18IN/c1-6-10(4,5)9(3)12-7-8(2)11/h7H,6H2,1-5H3/b8-7+,12-9?. The molecule has 0 aliphatic carbocycles. The molecule has 0 atom stereocenters. The largest absolute Gasteiger partial charge is 0.265 e. The molecule has 0 aliphatic rings. The highest BCUT2D eigenvalue weighted by atomic mass is 127. The molecular formula is C10H18IN. The van der Waals surface area contributed by atoms with Crippen LogP contribution in [-0.4, -0.2) is 5.71 Å². The first kappa shape index (κ1) is 12.1. The van der Waals surface area contributed by atoms with E-state index in [2.05, 4.69) is 62.2 Å². The maximum Gasteiger partial charge on any atom is 0.0357 e. The SMILES string of the molecule is CCC(C)(C)C(C)=N/C=C(\C)I. The molecule has 70 valence electrons. The first-order chi connectivity index (χ1) is 5.40. The van der Waals surface area contributed by atoms with Crippen molar-refractivity contribution in [1.82, 2.24) is 0 Å². The van der Waals surface area contributed by atoms with Crippen LogP contribution in [0.25, 0.3) is 0 Å². The van der Waals surface area contributed by atoms with Gasteiger partial charge in [-0.25, -0.2) is 0 Å². The van der Waals surface area contributed by atoms with Gasteiger partial charge in [-0.3, -0.25) is 4.99 Å². The highest BCUT2D eigenvalue weighted by molar-refractivity contribution is 14.1. The van der Waals surface area contributed by atoms with Crippen LogP contribution < -0.4 is 0 Å². The first-order valence-electron chi connectivity index (χ1n) is 4.27. The molecule has 0 aliphatic heterocycles. The Balaban J connectivity index is 4.48. The molecule has 1 nitrogen and oxygen atoms in total. The molecule has 0 heterocycles. The van der Waals surface area contributed by atoms with E-state index in [1.54, 1.807) is 0 Å². The Morgan fingerprint density at radius 1 is 1.42 bits per heavy atom. The highest BCUT2D eigenvalue weighted by Gasteiger charge is 2.17. The zero-order valence-corrected chi connectivity index (χ0v) is 10.8. The summed E-state index contributed by atoms with van der Waals surface area (Å²) in [5.74, 6) is 0. The number of hydrogen-bond acceptors (Lipinski definition) is 1. The average Bonchev–Trinajstić information content (AvgIpc) is 2.00. The number of allylic oxidation sites excluding steroid dienone is 1. The predicted molar refractivity (Wildman–Crippen MR) is 65.0 cm³/mol. The van der Waals surface area contributed by atoms with Gasteiger partial charge in [0.2, 0.25) is 0 Å². The second-order valence-electron chi connectivity index (χ2n) is 3.67. The minimum Gasteiger partial charge on any atom is -0.265 e. The molecular weight excluding hydrogens is 261 g/mol. The van der Waals surface area contributed by atoms with Crippen LogP contribution in [0.3, 0.4) is 0 Å². The van der Waals surface area contributed by atoms with Crippen LogP contribution in [0.15, 0.2) is 14.8 Å². The summed E-state index contributed by atoms with van der Waals surface area (Å²) in [6.45, 7) is 10.8. The fourth-order valence-electron chi connectivity index (χ4n) is 0.616. The van der Waals surface area contributed by atoms with Crippen molar-refractivity contribution in [2.24, 2.45) is 10.4 Å². The highest BCUT2D eigenvalue weighted by Crippen LogP contribution is 2.22. The molecule has 0 spiro atoms. The summed E-state index contributed by atoms with van der Waals surface area (Å²) in [5.41, 5.74) is 1.45. The monoisotopic (exact) mass is 279 g/mol. The van der Waals surface area contributed by atoms with Gasteiger partial charge < -0.3 is 0 Å². The number of aliphatic imine (C=N–C) groups is 1. The van der Waals surface area contributed by atoms with Gasteiger partial charge in [0.1, 0.15) is 0 Å². The number of halogens is 1. The molecule has 12 heavy (non-hydrogen) atoms. The van der Waals surface area contributed by atoms with Gasteiger partial charge in [-0.2, -0.15) is 0 Å². The summed E-state index contributed by atoms with van der Waals surface area (Å²) < 4.78 is 1.22. The zero-order valence-electron chi connectivity index (χ0n) is 8.61. The molecule has 0 fully saturated rings. The van der Waals surface area contributed by atoms with E-state index in [0.29, 0.717) is 0 Å². The Morgan fingerprint density at radius 3 is 2.25 bits per heavy atom. The lowest BCUT2D eigenvalue weighted by molar-refractivity contribution is 0.500. The maximum atomic E-state index is 4.41. The minimum absolute atomic E-state index is 0.239. The number of hydrogen-bond donors (Lipinski definition) is 0. The molecule has 0 aromatic carbocycles. The van der Waals surface area contributed by atoms with E-state index in [4.69, 9.17) is 0 Å². The topological polar surface area (TPSA) is 12.4 Å². The molecule has 0 aromatic rings. The quantitative estimate of drug-likeness (QED) is 0.543. The molecule has 2 heteroatoms. The van der Waals surface area contributed by atoms with E-state index >= 15 is 0 Å². The van der Waals surface area contributed by atoms with Gasteiger partial charge in [0.05, 0.1) is 0 Å². The third kappa shape index (κ3) is 4.24. The Morgan fingerprint density at radius 2 is 1.92 bits per heavy atom. The molecule has 0 unspecified atom stereocenters. The summed E-state index contributed by atoms with van der Waals surface area (Å²) in [7, 11) is 0. The summed E-state index contributed by atoms with van der Waals surface area (Å²) >= 11 is 2.27. The third-order valence-electron chi connectivity index (χ3n) is 2.30. The van der Waals surface area contributed by atoms with Crippen molar-refractivity contribution in [3.05, 3.63) is 9.78 Å². The van der Waals surface area contributed by atoms with Crippen LogP contribution in [0.2, 0.25) is 0 Å². The van der Waals surface area contributed by atoms with E-state index in [1.165, 1.54) is 9.29 Å². The van der Waals surface area contributed by atoms with Gasteiger partial charge in [0.15, 0.2) is 0 Å². The second-order valence-corrected chi connectivity index (χ2v) is 5.37. The Bertz CT molecular complexity index is 198. The lowest BCUT2D eigenvalue weighted by Crippen LogP contribution is -2.19. The first-order valence-corrected chi connectivity index (χ1v) is 5.35. The summed E-state index contributed by atoms with van der Waals surface area (Å²) in [5, 5.41) is 0. The van der Waals surface area contributed by atoms with Crippen molar-refractivity contribution in [3.8, 4) is 0 Å². The van der Waals surface area contributed by atoms with Crippen LogP contribution in [0.1, 0.15) is 41.0 Å². The number of nitrogens with zero attached hydrogens (tertiary/aromatic N) is 1. The van der Waals surface area contributed by atoms with Gasteiger partial charge in [-0.15, -0.1) is 0 Å². The Kier molecular flexibility index (Phi) is 5.06. The third-order valence-corrected chi connectivity index (χ3v) is 2.58. The minimum atomic E-state index is 0.239. The second kappa shape index (κ2) is 5.00. The average molecular weight is 279 g/mol. The fraction of sp³-hybridized carbons (Fsp3) is 0.700. The molecule has 0 bridgehead atoms. The smallest absolute Gasteiger partial charge is 0.0357 e. The van der Waals surface area contributed by atoms with Crippen LogP contribution >= 0.6 is 22.6 Å². The molecule has 0 radical (unpaired) electrons. The molecule has 0 aromatic heterocycles. The van der Waals surface area contributed by atoms with Crippen molar-refractivity contribution in [3.63, 3.8) is 0 Å². The molecule has 0 saturated carbocycles. The van der Waals surface area contributed by atoms with Gasteiger partial charge in [0, 0.05) is 20.9 Å². The molecule has 0 rings (SSSR count). The van der Waals surface area contributed by atoms with Crippen LogP contribution in [0.4, 0.5) is 0 Å². The van der Waals surface area contributed by atoms with E-state index in [0.717, 1.165) is 6.42 Å². The van der Waals surface area contributed by atoms with Crippen molar-refractivity contribution >= 4 is 28.3 Å². The summed E-state index contributed by atoms with van der Waals surface area (Å²) in [6, 6.07) is 0. The Hall–Kier alpha value is 0.140. The van der Waals surface area contributed by atoms with Crippen LogP contribution in [0, 0.1) is 5.41 Å². The lowest BCUT2D eigenvalue weighted by Gasteiger charge is -2.21. The van der Waals surface area contributed by atoms with E-state index in [1.807, 2.05) is 6.20 Å². The lowest BCUT2D eigenvalue weighted by atomic mass is 9.85. The maximum absolute atomic E-state index is 4.41. The summed E-state index contributed by atoms with van der Waals surface area (Å²) in [6.07, 6.45) is 3.06. The van der Waals surface area contributed by atoms with Gasteiger partial charge in [-0.1, -0.05) is 20.8 Å². The Labute approximate surface area is 89.5 Å².